The molecule has 0 aliphatic carbocycles. The zero-order valence-corrected chi connectivity index (χ0v) is 14.6. The molecule has 0 saturated heterocycles. The van der Waals surface area contributed by atoms with E-state index >= 15 is 0 Å². The maximum absolute atomic E-state index is 13.3. The summed E-state index contributed by atoms with van der Waals surface area (Å²) in [4.78, 5) is 15.1. The Morgan fingerprint density at radius 2 is 1.71 bits per heavy atom. The summed E-state index contributed by atoms with van der Waals surface area (Å²) in [6, 6.07) is 14.7. The Labute approximate surface area is 157 Å². The summed E-state index contributed by atoms with van der Waals surface area (Å²) in [5.74, 6) is 0.635. The number of nitrogens with one attached hydrogen (secondary N) is 2. The highest BCUT2D eigenvalue weighted by atomic mass is 19.4. The van der Waals surface area contributed by atoms with Gasteiger partial charge in [-0.2, -0.15) is 13.2 Å². The van der Waals surface area contributed by atoms with Crippen molar-refractivity contribution in [1.82, 2.24) is 19.9 Å². The monoisotopic (exact) mass is 385 g/mol. The lowest BCUT2D eigenvalue weighted by atomic mass is 10.1. The Morgan fingerprint density at radius 3 is 2.39 bits per heavy atom. The van der Waals surface area contributed by atoms with Crippen molar-refractivity contribution in [3.05, 3.63) is 60.3 Å². The van der Waals surface area contributed by atoms with E-state index in [1.165, 1.54) is 7.11 Å². The summed E-state index contributed by atoms with van der Waals surface area (Å²) in [6.07, 6.45) is -4.62. The van der Waals surface area contributed by atoms with E-state index in [4.69, 9.17) is 4.74 Å². The second-order valence-corrected chi connectivity index (χ2v) is 5.92. The summed E-state index contributed by atoms with van der Waals surface area (Å²) in [5.41, 5.74) is 0.997. The van der Waals surface area contributed by atoms with E-state index in [-0.39, 0.29) is 17.6 Å². The minimum Gasteiger partial charge on any atom is -0.497 e. The van der Waals surface area contributed by atoms with Crippen LogP contribution in [0.4, 0.5) is 25.1 Å². The van der Waals surface area contributed by atoms with E-state index in [0.29, 0.717) is 16.8 Å². The number of methoxy groups -OCH3 is 1. The van der Waals surface area contributed by atoms with Crippen molar-refractivity contribution in [2.24, 2.45) is 0 Å². The number of ether oxygens (including phenoxy) is 1. The lowest BCUT2D eigenvalue weighted by Crippen LogP contribution is -2.11. The first kappa shape index (κ1) is 17.8. The number of halogens is 3. The quantitative estimate of drug-likeness (QED) is 0.528. The fourth-order valence-corrected chi connectivity index (χ4v) is 2.68. The molecule has 2 N–H and O–H groups in total. The smallest absolute Gasteiger partial charge is 0.433 e. The molecule has 2 aromatic heterocycles. The number of rotatable bonds is 4. The van der Waals surface area contributed by atoms with Crippen LogP contribution in [0.5, 0.6) is 5.75 Å². The molecule has 9 heteroatoms. The normalized spacial score (nSPS) is 11.6. The van der Waals surface area contributed by atoms with E-state index in [9.17, 15) is 13.2 Å². The summed E-state index contributed by atoms with van der Waals surface area (Å²) < 4.78 is 45.1. The van der Waals surface area contributed by atoms with Crippen LogP contribution < -0.4 is 10.1 Å². The Kier molecular flexibility index (Phi) is 4.34. The third-order valence-electron chi connectivity index (χ3n) is 4.02. The predicted molar refractivity (Wildman–Crippen MR) is 98.4 cm³/mol. The molecule has 0 fully saturated rings. The van der Waals surface area contributed by atoms with Crippen LogP contribution in [0.25, 0.3) is 22.3 Å². The van der Waals surface area contributed by atoms with Gasteiger partial charge in [0.2, 0.25) is 11.9 Å². The number of hydrogen-bond acceptors (Lipinski definition) is 5. The van der Waals surface area contributed by atoms with Crippen molar-refractivity contribution in [1.29, 1.82) is 0 Å². The molecule has 0 spiro atoms. The van der Waals surface area contributed by atoms with Gasteiger partial charge in [-0.3, -0.25) is 5.32 Å². The SMILES string of the molecule is COc1ccc(-c2cc(C(F)(F)F)nc(Nc3nc4ccccc4[nH]3)n2)cc1. The van der Waals surface area contributed by atoms with Crippen LogP contribution >= 0.6 is 0 Å². The predicted octanol–water partition coefficient (Wildman–Crippen LogP) is 4.79. The highest BCUT2D eigenvalue weighted by Crippen LogP contribution is 2.32. The van der Waals surface area contributed by atoms with Gasteiger partial charge in [0.05, 0.1) is 23.8 Å². The van der Waals surface area contributed by atoms with Gasteiger partial charge in [0.25, 0.3) is 0 Å². The number of alkyl halides is 3. The molecule has 142 valence electrons. The molecule has 2 heterocycles. The highest BCUT2D eigenvalue weighted by molar-refractivity contribution is 5.78. The summed E-state index contributed by atoms with van der Waals surface area (Å²) >= 11 is 0. The zero-order valence-electron chi connectivity index (χ0n) is 14.6. The second kappa shape index (κ2) is 6.84. The Morgan fingerprint density at radius 1 is 0.964 bits per heavy atom. The third-order valence-corrected chi connectivity index (χ3v) is 4.02. The Balaban J connectivity index is 1.74. The van der Waals surface area contributed by atoms with Crippen molar-refractivity contribution in [2.45, 2.75) is 6.18 Å². The molecule has 0 saturated carbocycles. The fraction of sp³-hybridized carbons (Fsp3) is 0.105. The molecule has 28 heavy (non-hydrogen) atoms. The molecular formula is C19H14F3N5O. The van der Waals surface area contributed by atoms with E-state index in [1.807, 2.05) is 18.2 Å². The Hall–Kier alpha value is -3.62. The first-order chi connectivity index (χ1) is 13.4. The molecule has 0 aliphatic heterocycles. The largest absolute Gasteiger partial charge is 0.497 e. The highest BCUT2D eigenvalue weighted by Gasteiger charge is 2.34. The number of aromatic amines is 1. The number of para-hydroxylation sites is 2. The van der Waals surface area contributed by atoms with Crippen molar-refractivity contribution < 1.29 is 17.9 Å². The first-order valence-electron chi connectivity index (χ1n) is 8.25. The van der Waals surface area contributed by atoms with Crippen molar-refractivity contribution in [3.63, 3.8) is 0 Å². The van der Waals surface area contributed by atoms with Crippen LogP contribution in [-0.4, -0.2) is 27.0 Å². The van der Waals surface area contributed by atoms with Gasteiger partial charge in [0.1, 0.15) is 5.75 Å². The number of benzene rings is 2. The van der Waals surface area contributed by atoms with Gasteiger partial charge in [-0.25, -0.2) is 15.0 Å². The molecule has 0 amide bonds. The van der Waals surface area contributed by atoms with Crippen LogP contribution in [0.15, 0.2) is 54.6 Å². The fourth-order valence-electron chi connectivity index (χ4n) is 2.68. The number of hydrogen-bond donors (Lipinski definition) is 2. The lowest BCUT2D eigenvalue weighted by Gasteiger charge is -2.11. The lowest BCUT2D eigenvalue weighted by molar-refractivity contribution is -0.141. The van der Waals surface area contributed by atoms with Crippen molar-refractivity contribution in [3.8, 4) is 17.0 Å². The summed E-state index contributed by atoms with van der Waals surface area (Å²) in [7, 11) is 1.51. The number of imidazole rings is 1. The van der Waals surface area contributed by atoms with Crippen molar-refractivity contribution in [2.75, 3.05) is 12.4 Å². The number of aromatic nitrogens is 4. The van der Waals surface area contributed by atoms with Gasteiger partial charge in [0.15, 0.2) is 5.69 Å². The van der Waals surface area contributed by atoms with Crippen LogP contribution in [0.1, 0.15) is 5.69 Å². The minimum absolute atomic E-state index is 0.128. The molecule has 0 aliphatic rings. The molecule has 0 bridgehead atoms. The standard InChI is InChI=1S/C19H14F3N5O/c1-28-12-8-6-11(7-9-12)15-10-16(19(20,21)22)26-18(25-15)27-17-23-13-4-2-3-5-14(13)24-17/h2-10H,1H3,(H2,23,24,25,26,27). The molecule has 4 rings (SSSR count). The van der Waals surface area contributed by atoms with E-state index in [0.717, 1.165) is 11.6 Å². The van der Waals surface area contributed by atoms with E-state index in [2.05, 4.69) is 25.3 Å². The van der Waals surface area contributed by atoms with Crippen LogP contribution in [0.2, 0.25) is 0 Å². The molecule has 0 atom stereocenters. The number of nitrogens with zero attached hydrogens (tertiary/aromatic N) is 3. The van der Waals surface area contributed by atoms with Gasteiger partial charge < -0.3 is 9.72 Å². The van der Waals surface area contributed by atoms with Gasteiger partial charge in [-0.05, 0) is 42.5 Å². The molecular weight excluding hydrogens is 371 g/mol. The van der Waals surface area contributed by atoms with Gasteiger partial charge in [-0.15, -0.1) is 0 Å². The molecule has 6 nitrogen and oxygen atoms in total. The maximum Gasteiger partial charge on any atom is 0.433 e. The molecule has 0 unspecified atom stereocenters. The van der Waals surface area contributed by atoms with E-state index < -0.39 is 11.9 Å². The first-order valence-corrected chi connectivity index (χ1v) is 8.25. The van der Waals surface area contributed by atoms with Gasteiger partial charge >= 0.3 is 6.18 Å². The second-order valence-electron chi connectivity index (χ2n) is 5.92. The average molecular weight is 385 g/mol. The third kappa shape index (κ3) is 3.59. The van der Waals surface area contributed by atoms with E-state index in [1.54, 1.807) is 30.3 Å². The molecule has 0 radical (unpaired) electrons. The topological polar surface area (TPSA) is 75.7 Å². The van der Waals surface area contributed by atoms with Crippen LogP contribution in [0.3, 0.4) is 0 Å². The number of H-pyrrole nitrogens is 1. The molecule has 4 aromatic rings. The molecule has 2 aromatic carbocycles. The van der Waals surface area contributed by atoms with Gasteiger partial charge in [0, 0.05) is 5.56 Å². The average Bonchev–Trinajstić information content (AvgIpc) is 3.09. The van der Waals surface area contributed by atoms with Crippen molar-refractivity contribution >= 4 is 22.9 Å². The summed E-state index contributed by atoms with van der Waals surface area (Å²) in [5, 5.41) is 2.72. The number of fused-ring (bicyclic) bond motifs is 1. The summed E-state index contributed by atoms with van der Waals surface area (Å²) in [6.45, 7) is 0. The minimum atomic E-state index is -4.62. The van der Waals surface area contributed by atoms with Gasteiger partial charge in [-0.1, -0.05) is 12.1 Å². The van der Waals surface area contributed by atoms with Crippen LogP contribution in [0, 0.1) is 0 Å². The maximum atomic E-state index is 13.3. The van der Waals surface area contributed by atoms with Crippen LogP contribution in [-0.2, 0) is 6.18 Å². The Bertz CT molecular complexity index is 1090. The zero-order chi connectivity index (χ0) is 19.7. The number of anilines is 2.